The standard InChI is InChI=1S/C8H11NO3/c10-5-2-7-1-3-9(4-6-11)8(7)12/h5-7H,1-4H2. The van der Waals surface area contributed by atoms with E-state index in [0.717, 1.165) is 6.29 Å². The van der Waals surface area contributed by atoms with E-state index in [9.17, 15) is 14.4 Å². The molecule has 0 aliphatic carbocycles. The number of carbonyl (C=O) groups is 3. The predicted molar refractivity (Wildman–Crippen MR) is 41.4 cm³/mol. The van der Waals surface area contributed by atoms with Gasteiger partial charge in [0.1, 0.15) is 12.6 Å². The molecule has 4 nitrogen and oxygen atoms in total. The zero-order chi connectivity index (χ0) is 8.97. The first kappa shape index (κ1) is 8.90. The van der Waals surface area contributed by atoms with Crippen molar-refractivity contribution in [1.29, 1.82) is 0 Å². The van der Waals surface area contributed by atoms with Crippen LogP contribution in [0.15, 0.2) is 0 Å². The number of likely N-dealkylation sites (tertiary alicyclic amines) is 1. The molecular formula is C8H11NO3. The SMILES string of the molecule is O=CCC1CCN(CC=O)C1=O. The average molecular weight is 169 g/mol. The summed E-state index contributed by atoms with van der Waals surface area (Å²) in [6.45, 7) is 0.768. The summed E-state index contributed by atoms with van der Waals surface area (Å²) >= 11 is 0. The highest BCUT2D eigenvalue weighted by Gasteiger charge is 2.30. The molecule has 1 amide bonds. The van der Waals surface area contributed by atoms with Gasteiger partial charge in [0.2, 0.25) is 5.91 Å². The van der Waals surface area contributed by atoms with Crippen LogP contribution < -0.4 is 0 Å². The third-order valence-electron chi connectivity index (χ3n) is 2.08. The largest absolute Gasteiger partial charge is 0.335 e. The van der Waals surface area contributed by atoms with Crippen LogP contribution in [0.5, 0.6) is 0 Å². The van der Waals surface area contributed by atoms with Gasteiger partial charge >= 0.3 is 0 Å². The van der Waals surface area contributed by atoms with Crippen molar-refractivity contribution < 1.29 is 14.4 Å². The van der Waals surface area contributed by atoms with E-state index in [4.69, 9.17) is 0 Å². The number of nitrogens with zero attached hydrogens (tertiary/aromatic N) is 1. The Hall–Kier alpha value is -1.19. The third kappa shape index (κ3) is 1.69. The summed E-state index contributed by atoms with van der Waals surface area (Å²) in [4.78, 5) is 33.0. The van der Waals surface area contributed by atoms with Gasteiger partial charge in [0, 0.05) is 18.9 Å². The molecule has 0 bridgehead atoms. The summed E-state index contributed by atoms with van der Waals surface area (Å²) in [5.41, 5.74) is 0. The monoisotopic (exact) mass is 169 g/mol. The zero-order valence-electron chi connectivity index (χ0n) is 6.73. The number of rotatable bonds is 4. The van der Waals surface area contributed by atoms with Gasteiger partial charge in [0.05, 0.1) is 6.54 Å². The molecule has 0 spiro atoms. The van der Waals surface area contributed by atoms with Crippen molar-refractivity contribution in [2.24, 2.45) is 5.92 Å². The lowest BCUT2D eigenvalue weighted by Crippen LogP contribution is -2.29. The highest BCUT2D eigenvalue weighted by atomic mass is 16.2. The van der Waals surface area contributed by atoms with Crippen LogP contribution in [0, 0.1) is 5.92 Å². The second kappa shape index (κ2) is 3.99. The summed E-state index contributed by atoms with van der Waals surface area (Å²) in [5.74, 6) is -0.239. The van der Waals surface area contributed by atoms with Gasteiger partial charge in [-0.05, 0) is 6.42 Å². The molecule has 1 saturated heterocycles. The molecule has 1 fully saturated rings. The smallest absolute Gasteiger partial charge is 0.226 e. The molecule has 4 heteroatoms. The van der Waals surface area contributed by atoms with Crippen LogP contribution in [0.2, 0.25) is 0 Å². The Kier molecular flexibility index (Phi) is 2.96. The fourth-order valence-electron chi connectivity index (χ4n) is 1.41. The number of hydrogen-bond donors (Lipinski definition) is 0. The molecule has 12 heavy (non-hydrogen) atoms. The number of carbonyl (C=O) groups excluding carboxylic acids is 3. The van der Waals surface area contributed by atoms with E-state index in [1.165, 1.54) is 4.90 Å². The van der Waals surface area contributed by atoms with E-state index in [1.54, 1.807) is 0 Å². The quantitative estimate of drug-likeness (QED) is 0.539. The van der Waals surface area contributed by atoms with Crippen LogP contribution in [0.4, 0.5) is 0 Å². The summed E-state index contributed by atoms with van der Waals surface area (Å²) in [6, 6.07) is 0. The summed E-state index contributed by atoms with van der Waals surface area (Å²) in [7, 11) is 0. The van der Waals surface area contributed by atoms with Crippen LogP contribution in [0.1, 0.15) is 12.8 Å². The van der Waals surface area contributed by atoms with Crippen LogP contribution >= 0.6 is 0 Å². The molecule has 0 aromatic heterocycles. The molecular weight excluding hydrogens is 158 g/mol. The van der Waals surface area contributed by atoms with Crippen molar-refractivity contribution in [2.45, 2.75) is 12.8 Å². The van der Waals surface area contributed by atoms with Crippen LogP contribution in [-0.2, 0) is 14.4 Å². The van der Waals surface area contributed by atoms with Gasteiger partial charge in [-0.2, -0.15) is 0 Å². The number of hydrogen-bond acceptors (Lipinski definition) is 3. The number of amides is 1. The summed E-state index contributed by atoms with van der Waals surface area (Å²) in [5, 5.41) is 0. The van der Waals surface area contributed by atoms with Crippen molar-refractivity contribution in [2.75, 3.05) is 13.1 Å². The Bertz CT molecular complexity index is 182. The van der Waals surface area contributed by atoms with E-state index in [-0.39, 0.29) is 24.8 Å². The lowest BCUT2D eigenvalue weighted by Gasteiger charge is -2.11. The Labute approximate surface area is 70.5 Å². The van der Waals surface area contributed by atoms with E-state index >= 15 is 0 Å². The van der Waals surface area contributed by atoms with E-state index in [2.05, 4.69) is 0 Å². The van der Waals surface area contributed by atoms with Gasteiger partial charge < -0.3 is 14.5 Å². The topological polar surface area (TPSA) is 54.5 Å². The van der Waals surface area contributed by atoms with E-state index in [0.29, 0.717) is 19.3 Å². The van der Waals surface area contributed by atoms with Crippen molar-refractivity contribution in [3.8, 4) is 0 Å². The molecule has 0 saturated carbocycles. The Morgan fingerprint density at radius 1 is 1.42 bits per heavy atom. The van der Waals surface area contributed by atoms with Crippen LogP contribution in [-0.4, -0.2) is 36.5 Å². The van der Waals surface area contributed by atoms with E-state index < -0.39 is 0 Å². The molecule has 1 unspecified atom stereocenters. The van der Waals surface area contributed by atoms with Crippen LogP contribution in [0.25, 0.3) is 0 Å². The highest BCUT2D eigenvalue weighted by molar-refractivity contribution is 5.84. The van der Waals surface area contributed by atoms with Gasteiger partial charge in [-0.25, -0.2) is 0 Å². The third-order valence-corrected chi connectivity index (χ3v) is 2.08. The maximum Gasteiger partial charge on any atom is 0.226 e. The van der Waals surface area contributed by atoms with Crippen LogP contribution in [0.3, 0.4) is 0 Å². The highest BCUT2D eigenvalue weighted by Crippen LogP contribution is 2.19. The Morgan fingerprint density at radius 2 is 2.17 bits per heavy atom. The fraction of sp³-hybridized carbons (Fsp3) is 0.625. The Morgan fingerprint density at radius 3 is 2.75 bits per heavy atom. The minimum absolute atomic E-state index is 0.0609. The minimum Gasteiger partial charge on any atom is -0.335 e. The molecule has 0 radical (unpaired) electrons. The second-order valence-electron chi connectivity index (χ2n) is 2.84. The molecule has 1 aliphatic rings. The van der Waals surface area contributed by atoms with Crippen molar-refractivity contribution in [3.05, 3.63) is 0 Å². The van der Waals surface area contributed by atoms with Crippen molar-refractivity contribution in [1.82, 2.24) is 4.90 Å². The molecule has 1 heterocycles. The minimum atomic E-state index is -0.178. The zero-order valence-corrected chi connectivity index (χ0v) is 6.73. The first-order valence-corrected chi connectivity index (χ1v) is 3.95. The molecule has 0 N–H and O–H groups in total. The molecule has 1 aliphatic heterocycles. The summed E-state index contributed by atoms with van der Waals surface area (Å²) < 4.78 is 0. The normalized spacial score (nSPS) is 22.8. The van der Waals surface area contributed by atoms with Crippen molar-refractivity contribution in [3.63, 3.8) is 0 Å². The lowest BCUT2D eigenvalue weighted by molar-refractivity contribution is -0.133. The average Bonchev–Trinajstić information content (AvgIpc) is 2.38. The summed E-state index contributed by atoms with van der Waals surface area (Å²) in [6.07, 6.45) is 2.45. The molecule has 0 aromatic rings. The molecule has 66 valence electrons. The van der Waals surface area contributed by atoms with E-state index in [1.807, 2.05) is 0 Å². The molecule has 1 atom stereocenters. The van der Waals surface area contributed by atoms with Gasteiger partial charge in [-0.1, -0.05) is 0 Å². The molecule has 0 aromatic carbocycles. The van der Waals surface area contributed by atoms with Gasteiger partial charge in [0.15, 0.2) is 0 Å². The fourth-order valence-corrected chi connectivity index (χ4v) is 1.41. The second-order valence-corrected chi connectivity index (χ2v) is 2.84. The Balaban J connectivity index is 2.48. The van der Waals surface area contributed by atoms with Gasteiger partial charge in [0.25, 0.3) is 0 Å². The first-order chi connectivity index (χ1) is 5.79. The van der Waals surface area contributed by atoms with Gasteiger partial charge in [-0.15, -0.1) is 0 Å². The maximum absolute atomic E-state index is 11.3. The van der Waals surface area contributed by atoms with Gasteiger partial charge in [-0.3, -0.25) is 4.79 Å². The number of aldehydes is 2. The lowest BCUT2D eigenvalue weighted by atomic mass is 10.1. The first-order valence-electron chi connectivity index (χ1n) is 3.95. The maximum atomic E-state index is 11.3. The molecule has 1 rings (SSSR count). The predicted octanol–water partition coefficient (Wildman–Crippen LogP) is -0.377. The van der Waals surface area contributed by atoms with Crippen molar-refractivity contribution >= 4 is 18.5 Å².